The Balaban J connectivity index is 1.70. The van der Waals surface area contributed by atoms with E-state index in [1.807, 2.05) is 31.2 Å². The smallest absolute Gasteiger partial charge is 0.258 e. The van der Waals surface area contributed by atoms with E-state index in [2.05, 4.69) is 10.6 Å². The standard InChI is InChI=1S/C22H19FN2O3/c1-14-4-3-5-19(12-14)28-18-9-6-16(7-10-18)25-22(27)20-13-17(24-15(2)26)8-11-21(20)23/h3-13H,1-2H3,(H,24,26)(H,25,27). The van der Waals surface area contributed by atoms with Gasteiger partial charge in [-0.15, -0.1) is 0 Å². The second kappa shape index (κ2) is 8.35. The number of rotatable bonds is 5. The van der Waals surface area contributed by atoms with E-state index in [4.69, 9.17) is 4.74 Å². The summed E-state index contributed by atoms with van der Waals surface area (Å²) in [4.78, 5) is 23.5. The fourth-order valence-electron chi connectivity index (χ4n) is 2.60. The number of ether oxygens (including phenoxy) is 1. The van der Waals surface area contributed by atoms with E-state index in [1.165, 1.54) is 19.1 Å². The van der Waals surface area contributed by atoms with Crippen molar-refractivity contribution >= 4 is 23.2 Å². The molecule has 0 spiro atoms. The molecule has 0 bridgehead atoms. The molecule has 0 unspecified atom stereocenters. The molecule has 0 saturated heterocycles. The Bertz CT molecular complexity index is 1020. The molecule has 3 rings (SSSR count). The van der Waals surface area contributed by atoms with E-state index >= 15 is 0 Å². The average molecular weight is 378 g/mol. The quantitative estimate of drug-likeness (QED) is 0.646. The first kappa shape index (κ1) is 19.1. The van der Waals surface area contributed by atoms with Gasteiger partial charge in [-0.05, 0) is 67.1 Å². The molecule has 0 aliphatic carbocycles. The molecule has 0 atom stereocenters. The van der Waals surface area contributed by atoms with Crippen molar-refractivity contribution in [1.82, 2.24) is 0 Å². The van der Waals surface area contributed by atoms with E-state index in [0.717, 1.165) is 11.6 Å². The van der Waals surface area contributed by atoms with Crippen molar-refractivity contribution in [2.45, 2.75) is 13.8 Å². The minimum atomic E-state index is -0.675. The summed E-state index contributed by atoms with van der Waals surface area (Å²) in [6.45, 7) is 3.31. The SMILES string of the molecule is CC(=O)Nc1ccc(F)c(C(=O)Nc2ccc(Oc3cccc(C)c3)cc2)c1. The zero-order valence-electron chi connectivity index (χ0n) is 15.5. The summed E-state index contributed by atoms with van der Waals surface area (Å²) in [6.07, 6.45) is 0. The van der Waals surface area contributed by atoms with Crippen molar-refractivity contribution in [3.8, 4) is 11.5 Å². The van der Waals surface area contributed by atoms with Crippen LogP contribution in [-0.4, -0.2) is 11.8 Å². The fourth-order valence-corrected chi connectivity index (χ4v) is 2.60. The zero-order valence-corrected chi connectivity index (χ0v) is 15.5. The summed E-state index contributed by atoms with van der Waals surface area (Å²) in [6, 6.07) is 18.2. The summed E-state index contributed by atoms with van der Waals surface area (Å²) in [5, 5.41) is 5.16. The highest BCUT2D eigenvalue weighted by molar-refractivity contribution is 6.05. The summed E-state index contributed by atoms with van der Waals surface area (Å²) < 4.78 is 19.8. The van der Waals surface area contributed by atoms with Gasteiger partial charge >= 0.3 is 0 Å². The Morgan fingerprint density at radius 1 is 0.857 bits per heavy atom. The maximum absolute atomic E-state index is 14.0. The topological polar surface area (TPSA) is 67.4 Å². The zero-order chi connectivity index (χ0) is 20.1. The van der Waals surface area contributed by atoms with Crippen molar-refractivity contribution < 1.29 is 18.7 Å². The molecule has 0 aliphatic heterocycles. The number of anilines is 2. The maximum Gasteiger partial charge on any atom is 0.258 e. The Kier molecular flexibility index (Phi) is 5.69. The number of carbonyl (C=O) groups is 2. The lowest BCUT2D eigenvalue weighted by Crippen LogP contribution is -2.15. The van der Waals surface area contributed by atoms with E-state index in [-0.39, 0.29) is 11.5 Å². The number of benzene rings is 3. The summed E-state index contributed by atoms with van der Waals surface area (Å²) in [7, 11) is 0. The predicted octanol–water partition coefficient (Wildman–Crippen LogP) is 5.14. The minimum absolute atomic E-state index is 0.161. The lowest BCUT2D eigenvalue weighted by atomic mass is 10.1. The number of nitrogens with one attached hydrogen (secondary N) is 2. The molecule has 3 aromatic carbocycles. The summed E-state index contributed by atoms with van der Waals surface area (Å²) >= 11 is 0. The van der Waals surface area contributed by atoms with Crippen molar-refractivity contribution in [2.24, 2.45) is 0 Å². The number of carbonyl (C=O) groups excluding carboxylic acids is 2. The molecule has 0 radical (unpaired) electrons. The first-order valence-electron chi connectivity index (χ1n) is 8.64. The first-order chi connectivity index (χ1) is 13.4. The number of hydrogen-bond acceptors (Lipinski definition) is 3. The average Bonchev–Trinajstić information content (AvgIpc) is 2.64. The lowest BCUT2D eigenvalue weighted by Gasteiger charge is -2.10. The van der Waals surface area contributed by atoms with Gasteiger partial charge < -0.3 is 15.4 Å². The highest BCUT2D eigenvalue weighted by Crippen LogP contribution is 2.24. The van der Waals surface area contributed by atoms with Gasteiger partial charge in [0.15, 0.2) is 0 Å². The van der Waals surface area contributed by atoms with Crippen LogP contribution in [0, 0.1) is 12.7 Å². The van der Waals surface area contributed by atoms with Crippen molar-refractivity contribution in [3.05, 3.63) is 83.7 Å². The van der Waals surface area contributed by atoms with Crippen LogP contribution in [0.3, 0.4) is 0 Å². The highest BCUT2D eigenvalue weighted by atomic mass is 19.1. The molecule has 2 amide bonds. The van der Waals surface area contributed by atoms with Crippen LogP contribution in [0.1, 0.15) is 22.8 Å². The van der Waals surface area contributed by atoms with Gasteiger partial charge in [-0.3, -0.25) is 9.59 Å². The summed E-state index contributed by atoms with van der Waals surface area (Å²) in [5.74, 6) is -0.263. The maximum atomic E-state index is 14.0. The molecule has 142 valence electrons. The van der Waals surface area contributed by atoms with Gasteiger partial charge in [0.05, 0.1) is 5.56 Å². The summed E-state index contributed by atoms with van der Waals surface area (Å²) in [5.41, 5.74) is 1.77. The third-order valence-electron chi connectivity index (χ3n) is 3.87. The van der Waals surface area contributed by atoms with E-state index in [0.29, 0.717) is 22.9 Å². The van der Waals surface area contributed by atoms with Crippen LogP contribution in [0.2, 0.25) is 0 Å². The van der Waals surface area contributed by atoms with Gasteiger partial charge in [0.2, 0.25) is 5.91 Å². The normalized spacial score (nSPS) is 10.2. The highest BCUT2D eigenvalue weighted by Gasteiger charge is 2.13. The van der Waals surface area contributed by atoms with Crippen LogP contribution < -0.4 is 15.4 Å². The molecular formula is C22H19FN2O3. The molecule has 5 nitrogen and oxygen atoms in total. The largest absolute Gasteiger partial charge is 0.457 e. The Morgan fingerprint density at radius 3 is 2.25 bits per heavy atom. The molecule has 0 aromatic heterocycles. The molecule has 0 heterocycles. The van der Waals surface area contributed by atoms with Gasteiger partial charge in [0, 0.05) is 18.3 Å². The van der Waals surface area contributed by atoms with Crippen LogP contribution in [0.4, 0.5) is 15.8 Å². The van der Waals surface area contributed by atoms with E-state index < -0.39 is 11.7 Å². The molecule has 0 fully saturated rings. The van der Waals surface area contributed by atoms with Crippen LogP contribution in [-0.2, 0) is 4.79 Å². The number of aryl methyl sites for hydroxylation is 1. The van der Waals surface area contributed by atoms with Crippen LogP contribution in [0.15, 0.2) is 66.7 Å². The molecule has 28 heavy (non-hydrogen) atoms. The second-order valence-electron chi connectivity index (χ2n) is 6.27. The van der Waals surface area contributed by atoms with E-state index in [9.17, 15) is 14.0 Å². The van der Waals surface area contributed by atoms with Gasteiger partial charge in [0.1, 0.15) is 17.3 Å². The number of amides is 2. The lowest BCUT2D eigenvalue weighted by molar-refractivity contribution is -0.114. The van der Waals surface area contributed by atoms with Crippen molar-refractivity contribution in [3.63, 3.8) is 0 Å². The molecule has 3 aromatic rings. The van der Waals surface area contributed by atoms with Crippen LogP contribution in [0.5, 0.6) is 11.5 Å². The van der Waals surface area contributed by atoms with Gasteiger partial charge in [-0.2, -0.15) is 0 Å². The van der Waals surface area contributed by atoms with Gasteiger partial charge in [0.25, 0.3) is 5.91 Å². The van der Waals surface area contributed by atoms with Crippen molar-refractivity contribution in [2.75, 3.05) is 10.6 Å². The Morgan fingerprint density at radius 2 is 1.57 bits per heavy atom. The molecule has 0 saturated carbocycles. The fraction of sp³-hybridized carbons (Fsp3) is 0.0909. The minimum Gasteiger partial charge on any atom is -0.457 e. The predicted molar refractivity (Wildman–Crippen MR) is 106 cm³/mol. The Hall–Kier alpha value is -3.67. The number of hydrogen-bond donors (Lipinski definition) is 2. The molecular weight excluding hydrogens is 359 g/mol. The second-order valence-corrected chi connectivity index (χ2v) is 6.27. The van der Waals surface area contributed by atoms with Gasteiger partial charge in [-0.25, -0.2) is 4.39 Å². The third-order valence-corrected chi connectivity index (χ3v) is 3.87. The third kappa shape index (κ3) is 4.94. The van der Waals surface area contributed by atoms with Crippen LogP contribution >= 0.6 is 0 Å². The molecule has 0 aliphatic rings. The molecule has 2 N–H and O–H groups in total. The first-order valence-corrected chi connectivity index (χ1v) is 8.64. The Labute approximate surface area is 162 Å². The number of halogens is 1. The molecule has 6 heteroatoms. The van der Waals surface area contributed by atoms with E-state index in [1.54, 1.807) is 24.3 Å². The van der Waals surface area contributed by atoms with Gasteiger partial charge in [-0.1, -0.05) is 12.1 Å². The van der Waals surface area contributed by atoms with Crippen LogP contribution in [0.25, 0.3) is 0 Å². The monoisotopic (exact) mass is 378 g/mol. The van der Waals surface area contributed by atoms with Crippen molar-refractivity contribution in [1.29, 1.82) is 0 Å².